The highest BCUT2D eigenvalue weighted by Gasteiger charge is 2.35. The van der Waals surface area contributed by atoms with E-state index in [0.29, 0.717) is 23.4 Å². The molecule has 1 aromatic heterocycles. The van der Waals surface area contributed by atoms with Crippen LogP contribution < -0.4 is 10.0 Å². The summed E-state index contributed by atoms with van der Waals surface area (Å²) in [6.45, 7) is 0. The third-order valence-corrected chi connectivity index (χ3v) is 5.94. The molecule has 2 aromatic rings. The van der Waals surface area contributed by atoms with Gasteiger partial charge in [0.15, 0.2) is 5.58 Å². The first kappa shape index (κ1) is 14.2. The predicted octanol–water partition coefficient (Wildman–Crippen LogP) is 1.53. The lowest BCUT2D eigenvalue weighted by atomic mass is 10.0. The fraction of sp³-hybridized carbons (Fsp3) is 0.533. The zero-order chi connectivity index (χ0) is 15.2. The van der Waals surface area contributed by atoms with Crippen molar-refractivity contribution in [1.29, 1.82) is 0 Å². The minimum atomic E-state index is -3.41. The summed E-state index contributed by atoms with van der Waals surface area (Å²) >= 11 is 0. The number of nitrogens with one attached hydrogen (secondary N) is 2. The van der Waals surface area contributed by atoms with Crippen LogP contribution in [0, 0.1) is 0 Å². The summed E-state index contributed by atoms with van der Waals surface area (Å²) in [7, 11) is -3.41. The zero-order valence-corrected chi connectivity index (χ0v) is 13.0. The van der Waals surface area contributed by atoms with Crippen molar-refractivity contribution in [3.05, 3.63) is 30.0 Å². The van der Waals surface area contributed by atoms with Gasteiger partial charge in [0.05, 0.1) is 0 Å². The molecule has 22 heavy (non-hydrogen) atoms. The van der Waals surface area contributed by atoms with E-state index in [2.05, 4.69) is 15.2 Å². The van der Waals surface area contributed by atoms with Crippen LogP contribution in [0.25, 0.3) is 11.0 Å². The molecule has 0 amide bonds. The first-order valence-corrected chi connectivity index (χ1v) is 9.34. The minimum absolute atomic E-state index is 0.0296. The lowest BCUT2D eigenvalue weighted by molar-refractivity contribution is 0.345. The Morgan fingerprint density at radius 2 is 1.95 bits per heavy atom. The van der Waals surface area contributed by atoms with Crippen molar-refractivity contribution in [1.82, 2.24) is 15.2 Å². The average molecular weight is 321 g/mol. The van der Waals surface area contributed by atoms with Crippen molar-refractivity contribution >= 4 is 21.0 Å². The Balaban J connectivity index is 1.49. The molecule has 0 saturated carbocycles. The molecular weight excluding hydrogens is 302 g/mol. The second kappa shape index (κ2) is 5.33. The minimum Gasteiger partial charge on any atom is -0.356 e. The van der Waals surface area contributed by atoms with Crippen LogP contribution in [0.15, 0.2) is 28.8 Å². The molecule has 0 radical (unpaired) electrons. The summed E-state index contributed by atoms with van der Waals surface area (Å²) in [4.78, 5) is 0. The van der Waals surface area contributed by atoms with Crippen LogP contribution in [0.3, 0.4) is 0 Å². The molecule has 2 atom stereocenters. The number of para-hydroxylation sites is 1. The molecule has 2 aliphatic heterocycles. The number of sulfonamides is 1. The van der Waals surface area contributed by atoms with Crippen LogP contribution in [-0.2, 0) is 15.8 Å². The van der Waals surface area contributed by atoms with E-state index in [1.807, 2.05) is 18.2 Å². The summed E-state index contributed by atoms with van der Waals surface area (Å²) in [5.41, 5.74) is 1.09. The zero-order valence-electron chi connectivity index (χ0n) is 12.2. The largest absolute Gasteiger partial charge is 0.356 e. The predicted molar refractivity (Wildman–Crippen MR) is 82.7 cm³/mol. The van der Waals surface area contributed by atoms with Gasteiger partial charge in [-0.1, -0.05) is 17.3 Å². The van der Waals surface area contributed by atoms with Crippen LogP contribution in [0.4, 0.5) is 0 Å². The third kappa shape index (κ3) is 2.76. The van der Waals surface area contributed by atoms with E-state index in [4.69, 9.17) is 4.52 Å². The fourth-order valence-electron chi connectivity index (χ4n) is 3.67. The Morgan fingerprint density at radius 1 is 1.23 bits per heavy atom. The average Bonchev–Trinajstić information content (AvgIpc) is 3.02. The molecule has 4 rings (SSSR count). The van der Waals surface area contributed by atoms with Gasteiger partial charge in [-0.3, -0.25) is 0 Å². The van der Waals surface area contributed by atoms with Crippen molar-refractivity contribution in [3.63, 3.8) is 0 Å². The van der Waals surface area contributed by atoms with Crippen LogP contribution in [0.1, 0.15) is 31.4 Å². The Bertz CT molecular complexity index is 774. The number of rotatable bonds is 4. The molecule has 3 heterocycles. The summed E-state index contributed by atoms with van der Waals surface area (Å²) in [6.07, 6.45) is 4.04. The number of hydrogen-bond acceptors (Lipinski definition) is 5. The molecule has 118 valence electrons. The van der Waals surface area contributed by atoms with Gasteiger partial charge in [-0.25, -0.2) is 13.1 Å². The number of hydrogen-bond donors (Lipinski definition) is 2. The van der Waals surface area contributed by atoms with E-state index >= 15 is 0 Å². The van der Waals surface area contributed by atoms with Crippen molar-refractivity contribution < 1.29 is 12.9 Å². The van der Waals surface area contributed by atoms with E-state index in [9.17, 15) is 8.42 Å². The Hall–Kier alpha value is -1.44. The molecule has 1 aromatic carbocycles. The van der Waals surface area contributed by atoms with E-state index in [1.165, 1.54) is 0 Å². The highest BCUT2D eigenvalue weighted by molar-refractivity contribution is 7.88. The second-order valence-electron chi connectivity index (χ2n) is 6.31. The number of benzene rings is 1. The molecule has 2 fully saturated rings. The second-order valence-corrected chi connectivity index (χ2v) is 8.06. The van der Waals surface area contributed by atoms with Crippen LogP contribution in [0.2, 0.25) is 0 Å². The molecule has 2 unspecified atom stereocenters. The molecule has 2 N–H and O–H groups in total. The monoisotopic (exact) mass is 321 g/mol. The van der Waals surface area contributed by atoms with Crippen LogP contribution in [0.5, 0.6) is 0 Å². The Morgan fingerprint density at radius 3 is 2.73 bits per heavy atom. The normalized spacial score (nSPS) is 28.3. The topological polar surface area (TPSA) is 84.2 Å². The van der Waals surface area contributed by atoms with Gasteiger partial charge in [0, 0.05) is 23.5 Å². The van der Waals surface area contributed by atoms with E-state index < -0.39 is 10.0 Å². The smallest absolute Gasteiger partial charge is 0.217 e. The van der Waals surface area contributed by atoms with Gasteiger partial charge >= 0.3 is 0 Å². The molecule has 6 nitrogen and oxygen atoms in total. The molecular formula is C15H19N3O3S. The first-order valence-electron chi connectivity index (χ1n) is 7.68. The summed E-state index contributed by atoms with van der Waals surface area (Å²) in [5.74, 6) is -0.136. The molecule has 0 spiro atoms. The van der Waals surface area contributed by atoms with E-state index in [0.717, 1.165) is 31.1 Å². The van der Waals surface area contributed by atoms with Gasteiger partial charge in [-0.05, 0) is 37.8 Å². The number of piperidine rings is 1. The molecule has 7 heteroatoms. The molecule has 2 bridgehead atoms. The highest BCUT2D eigenvalue weighted by Crippen LogP contribution is 2.27. The van der Waals surface area contributed by atoms with Gasteiger partial charge < -0.3 is 9.84 Å². The van der Waals surface area contributed by atoms with Crippen LogP contribution in [-0.4, -0.2) is 31.7 Å². The van der Waals surface area contributed by atoms with Crippen molar-refractivity contribution in [3.8, 4) is 0 Å². The van der Waals surface area contributed by atoms with E-state index in [1.54, 1.807) is 6.07 Å². The number of fused-ring (bicyclic) bond motifs is 3. The third-order valence-electron chi connectivity index (χ3n) is 4.60. The van der Waals surface area contributed by atoms with Crippen molar-refractivity contribution in [2.24, 2.45) is 0 Å². The lowest BCUT2D eigenvalue weighted by Crippen LogP contribution is -2.48. The van der Waals surface area contributed by atoms with Crippen molar-refractivity contribution in [2.45, 2.75) is 49.6 Å². The summed E-state index contributed by atoms with van der Waals surface area (Å²) in [5, 5.41) is 8.19. The Kier molecular flexibility index (Phi) is 3.43. The van der Waals surface area contributed by atoms with Gasteiger partial charge in [0.25, 0.3) is 0 Å². The van der Waals surface area contributed by atoms with Gasteiger partial charge in [0.1, 0.15) is 11.4 Å². The maximum absolute atomic E-state index is 12.4. The number of nitrogens with zero attached hydrogens (tertiary/aromatic N) is 1. The SMILES string of the molecule is O=S(=O)(Cc1noc2ccccc12)NC1CC2CCC(C1)N2. The fourth-order valence-corrected chi connectivity index (χ4v) is 5.02. The molecule has 2 aliphatic rings. The Labute approximate surface area is 129 Å². The quantitative estimate of drug-likeness (QED) is 0.892. The lowest BCUT2D eigenvalue weighted by Gasteiger charge is -2.29. The maximum Gasteiger partial charge on any atom is 0.217 e. The van der Waals surface area contributed by atoms with Crippen LogP contribution >= 0.6 is 0 Å². The van der Waals surface area contributed by atoms with Crippen molar-refractivity contribution in [2.75, 3.05) is 0 Å². The summed E-state index contributed by atoms with van der Waals surface area (Å²) < 4.78 is 32.9. The molecule has 2 saturated heterocycles. The highest BCUT2D eigenvalue weighted by atomic mass is 32.2. The standard InChI is InChI=1S/C15H19N3O3S/c19-22(20,18-12-7-10-5-6-11(8-12)16-10)9-14-13-3-1-2-4-15(13)21-17-14/h1-4,10-12,16,18H,5-9H2. The van der Waals surface area contributed by atoms with Gasteiger partial charge in [-0.15, -0.1) is 0 Å². The molecule has 0 aliphatic carbocycles. The first-order chi connectivity index (χ1) is 10.6. The van der Waals surface area contributed by atoms with Gasteiger partial charge in [0.2, 0.25) is 10.0 Å². The number of aromatic nitrogens is 1. The maximum atomic E-state index is 12.4. The van der Waals surface area contributed by atoms with E-state index in [-0.39, 0.29) is 11.8 Å². The van der Waals surface area contributed by atoms with Gasteiger partial charge in [-0.2, -0.15) is 0 Å². The summed E-state index contributed by atoms with van der Waals surface area (Å²) in [6, 6.07) is 8.26.